The van der Waals surface area contributed by atoms with Gasteiger partial charge in [-0.15, -0.1) is 0 Å². The van der Waals surface area contributed by atoms with E-state index < -0.39 is 18.0 Å². The van der Waals surface area contributed by atoms with Crippen LogP contribution in [0.25, 0.3) is 0 Å². The van der Waals surface area contributed by atoms with E-state index in [1.54, 1.807) is 60.7 Å². The molecule has 1 N–H and O–H groups in total. The molecule has 3 aromatic carbocycles. The summed E-state index contributed by atoms with van der Waals surface area (Å²) >= 11 is 0. The van der Waals surface area contributed by atoms with Gasteiger partial charge in [-0.3, -0.25) is 4.79 Å². The van der Waals surface area contributed by atoms with Crippen molar-refractivity contribution < 1.29 is 28.5 Å². The van der Waals surface area contributed by atoms with Crippen LogP contribution >= 0.6 is 0 Å². The van der Waals surface area contributed by atoms with Crippen molar-refractivity contribution in [3.63, 3.8) is 0 Å². The summed E-state index contributed by atoms with van der Waals surface area (Å²) in [6, 6.07) is 20.7. The Morgan fingerprint density at radius 2 is 1.66 bits per heavy atom. The van der Waals surface area contributed by atoms with Crippen LogP contribution in [-0.4, -0.2) is 31.7 Å². The molecule has 32 heavy (non-hydrogen) atoms. The van der Waals surface area contributed by atoms with Gasteiger partial charge in [0.1, 0.15) is 19.0 Å². The Morgan fingerprint density at radius 3 is 2.44 bits per heavy atom. The average molecular weight is 433 g/mol. The molecule has 0 bridgehead atoms. The zero-order valence-corrected chi connectivity index (χ0v) is 17.6. The largest absolute Gasteiger partial charge is 0.492 e. The molecule has 1 aliphatic heterocycles. The second-order valence-corrected chi connectivity index (χ2v) is 6.97. The van der Waals surface area contributed by atoms with Gasteiger partial charge in [0, 0.05) is 5.56 Å². The van der Waals surface area contributed by atoms with Gasteiger partial charge in [0.2, 0.25) is 6.10 Å². The molecular weight excluding hydrogens is 410 g/mol. The Morgan fingerprint density at radius 1 is 0.938 bits per heavy atom. The van der Waals surface area contributed by atoms with Crippen molar-refractivity contribution in [2.45, 2.75) is 13.0 Å². The maximum atomic E-state index is 13.2. The first-order chi connectivity index (χ1) is 15.7. The molecular formula is C25H23NO6. The molecule has 1 aliphatic rings. The number of anilines is 1. The summed E-state index contributed by atoms with van der Waals surface area (Å²) in [5.41, 5.74) is 1.30. The summed E-state index contributed by atoms with van der Waals surface area (Å²) in [6.45, 7) is 3.17. The standard InChI is InChI=1S/C25H23NO6/c1-2-29-20-11-7-6-10-19(20)26-24(27)23(17-8-4-3-5-9-17)32-25(28)18-12-13-21-22(16-18)31-15-14-30-21/h3-13,16,23H,2,14-15H2,1H3,(H,26,27)/t23-/m0/s1. The first-order valence-corrected chi connectivity index (χ1v) is 10.3. The number of fused-ring (bicyclic) bond motifs is 1. The number of ether oxygens (including phenoxy) is 4. The number of hydrogen-bond donors (Lipinski definition) is 1. The number of para-hydroxylation sites is 2. The zero-order chi connectivity index (χ0) is 22.3. The highest BCUT2D eigenvalue weighted by Gasteiger charge is 2.27. The van der Waals surface area contributed by atoms with Crippen molar-refractivity contribution in [3.8, 4) is 17.2 Å². The number of carbonyl (C=O) groups excluding carboxylic acids is 2. The molecule has 0 aliphatic carbocycles. The SMILES string of the molecule is CCOc1ccccc1NC(=O)[C@@H](OC(=O)c1ccc2c(c1)OCCO2)c1ccccc1. The van der Waals surface area contributed by atoms with Crippen molar-refractivity contribution >= 4 is 17.6 Å². The Balaban J connectivity index is 1.57. The fourth-order valence-electron chi connectivity index (χ4n) is 3.30. The van der Waals surface area contributed by atoms with Gasteiger partial charge in [0.25, 0.3) is 5.91 Å². The number of hydrogen-bond acceptors (Lipinski definition) is 6. The van der Waals surface area contributed by atoms with Gasteiger partial charge in [-0.2, -0.15) is 0 Å². The van der Waals surface area contributed by atoms with E-state index in [9.17, 15) is 9.59 Å². The molecule has 1 heterocycles. The average Bonchev–Trinajstić information content (AvgIpc) is 2.84. The van der Waals surface area contributed by atoms with Crippen LogP contribution in [0.3, 0.4) is 0 Å². The van der Waals surface area contributed by atoms with Crippen LogP contribution < -0.4 is 19.5 Å². The third-order valence-corrected chi connectivity index (χ3v) is 4.79. The molecule has 0 saturated heterocycles. The zero-order valence-electron chi connectivity index (χ0n) is 17.6. The predicted octanol–water partition coefficient (Wildman–Crippen LogP) is 4.39. The van der Waals surface area contributed by atoms with Crippen LogP contribution in [0.4, 0.5) is 5.69 Å². The Kier molecular flexibility index (Phi) is 6.55. The van der Waals surface area contributed by atoms with E-state index in [0.29, 0.717) is 48.3 Å². The fourth-order valence-corrected chi connectivity index (χ4v) is 3.30. The highest BCUT2D eigenvalue weighted by atomic mass is 16.6. The molecule has 4 rings (SSSR count). The van der Waals surface area contributed by atoms with E-state index >= 15 is 0 Å². The minimum Gasteiger partial charge on any atom is -0.492 e. The minimum atomic E-state index is -1.16. The van der Waals surface area contributed by atoms with Crippen LogP contribution in [0.1, 0.15) is 28.9 Å². The summed E-state index contributed by atoms with van der Waals surface area (Å²) < 4.78 is 22.3. The van der Waals surface area contributed by atoms with Gasteiger partial charge < -0.3 is 24.3 Å². The summed E-state index contributed by atoms with van der Waals surface area (Å²) in [7, 11) is 0. The monoisotopic (exact) mass is 433 g/mol. The van der Waals surface area contributed by atoms with E-state index in [-0.39, 0.29) is 5.56 Å². The van der Waals surface area contributed by atoms with E-state index in [1.807, 2.05) is 19.1 Å². The first kappa shape index (κ1) is 21.2. The lowest BCUT2D eigenvalue weighted by atomic mass is 10.1. The summed E-state index contributed by atoms with van der Waals surface area (Å²) in [5, 5.41) is 2.81. The predicted molar refractivity (Wildman–Crippen MR) is 118 cm³/mol. The number of benzene rings is 3. The second-order valence-electron chi connectivity index (χ2n) is 6.97. The quantitative estimate of drug-likeness (QED) is 0.557. The topological polar surface area (TPSA) is 83.1 Å². The fraction of sp³-hybridized carbons (Fsp3) is 0.200. The number of rotatable bonds is 7. The van der Waals surface area contributed by atoms with Crippen LogP contribution in [0.15, 0.2) is 72.8 Å². The van der Waals surface area contributed by atoms with E-state index in [2.05, 4.69) is 5.32 Å². The van der Waals surface area contributed by atoms with Crippen molar-refractivity contribution in [3.05, 3.63) is 83.9 Å². The molecule has 0 fully saturated rings. The van der Waals surface area contributed by atoms with Crippen LogP contribution in [0, 0.1) is 0 Å². The van der Waals surface area contributed by atoms with Gasteiger partial charge >= 0.3 is 5.97 Å². The number of carbonyl (C=O) groups is 2. The molecule has 7 heteroatoms. The van der Waals surface area contributed by atoms with Crippen LogP contribution in [-0.2, 0) is 9.53 Å². The van der Waals surface area contributed by atoms with Gasteiger partial charge in [0.15, 0.2) is 11.5 Å². The molecule has 7 nitrogen and oxygen atoms in total. The van der Waals surface area contributed by atoms with Crippen molar-refractivity contribution in [1.82, 2.24) is 0 Å². The summed E-state index contributed by atoms with van der Waals surface area (Å²) in [4.78, 5) is 26.1. The highest BCUT2D eigenvalue weighted by molar-refractivity contribution is 5.99. The van der Waals surface area contributed by atoms with E-state index in [1.165, 1.54) is 0 Å². The number of amides is 1. The van der Waals surface area contributed by atoms with Gasteiger partial charge in [-0.1, -0.05) is 42.5 Å². The Labute approximate surface area is 185 Å². The van der Waals surface area contributed by atoms with E-state index in [0.717, 1.165) is 0 Å². The molecule has 0 unspecified atom stereocenters. The van der Waals surface area contributed by atoms with Crippen molar-refractivity contribution in [1.29, 1.82) is 0 Å². The van der Waals surface area contributed by atoms with Gasteiger partial charge in [-0.05, 0) is 37.3 Å². The maximum absolute atomic E-state index is 13.2. The third-order valence-electron chi connectivity index (χ3n) is 4.79. The molecule has 164 valence electrons. The molecule has 1 atom stereocenters. The lowest BCUT2D eigenvalue weighted by Crippen LogP contribution is -2.26. The highest BCUT2D eigenvalue weighted by Crippen LogP contribution is 2.32. The summed E-state index contributed by atoms with van der Waals surface area (Å²) in [6.07, 6.45) is -1.16. The van der Waals surface area contributed by atoms with Crippen molar-refractivity contribution in [2.75, 3.05) is 25.1 Å². The molecule has 1 amide bonds. The van der Waals surface area contributed by atoms with Crippen LogP contribution in [0.5, 0.6) is 17.2 Å². The lowest BCUT2D eigenvalue weighted by molar-refractivity contribution is -0.125. The minimum absolute atomic E-state index is 0.262. The Bertz CT molecular complexity index is 1100. The number of esters is 1. The summed E-state index contributed by atoms with van der Waals surface area (Å²) in [5.74, 6) is 0.432. The normalized spacial score (nSPS) is 13.0. The molecule has 0 aromatic heterocycles. The first-order valence-electron chi connectivity index (χ1n) is 10.3. The number of nitrogens with one attached hydrogen (secondary N) is 1. The lowest BCUT2D eigenvalue weighted by Gasteiger charge is -2.21. The molecule has 0 spiro atoms. The van der Waals surface area contributed by atoms with Gasteiger partial charge in [0.05, 0.1) is 17.9 Å². The van der Waals surface area contributed by atoms with Gasteiger partial charge in [-0.25, -0.2) is 4.79 Å². The Hall–Kier alpha value is -4.00. The molecule has 0 saturated carbocycles. The molecule has 0 radical (unpaired) electrons. The van der Waals surface area contributed by atoms with Crippen molar-refractivity contribution in [2.24, 2.45) is 0 Å². The van der Waals surface area contributed by atoms with E-state index in [4.69, 9.17) is 18.9 Å². The smallest absolute Gasteiger partial charge is 0.339 e. The van der Waals surface area contributed by atoms with Crippen LogP contribution in [0.2, 0.25) is 0 Å². The maximum Gasteiger partial charge on any atom is 0.339 e. The third kappa shape index (κ3) is 4.83. The second kappa shape index (κ2) is 9.87. The molecule has 3 aromatic rings.